The van der Waals surface area contributed by atoms with Crippen LogP contribution in [0.3, 0.4) is 0 Å². The van der Waals surface area contributed by atoms with Crippen LogP contribution in [0.4, 0.5) is 14.6 Å². The molecule has 3 aromatic rings. The summed E-state index contributed by atoms with van der Waals surface area (Å²) in [4.78, 5) is 23.2. The van der Waals surface area contributed by atoms with E-state index in [2.05, 4.69) is 20.3 Å². The molecule has 8 heteroatoms. The Kier molecular flexibility index (Phi) is 4.20. The molecule has 3 rings (SSSR count). The lowest BCUT2D eigenvalue weighted by Gasteiger charge is -2.09. The number of carbonyl (C=O) groups excluding carboxylic acids is 1. The monoisotopic (exact) mass is 345 g/mol. The fourth-order valence-corrected chi connectivity index (χ4v) is 2.62. The number of anilines is 1. The second-order valence-electron chi connectivity index (χ2n) is 5.75. The fraction of sp³-hybridized carbons (Fsp3) is 0.294. The van der Waals surface area contributed by atoms with Crippen LogP contribution in [0.25, 0.3) is 22.2 Å². The number of hydrogen-bond acceptors (Lipinski definition) is 4. The maximum atomic E-state index is 13.6. The largest absolute Gasteiger partial charge is 0.346 e. The van der Waals surface area contributed by atoms with Crippen LogP contribution in [-0.2, 0) is 17.3 Å². The molecule has 0 aromatic carbocycles. The second-order valence-corrected chi connectivity index (χ2v) is 5.75. The van der Waals surface area contributed by atoms with Crippen molar-refractivity contribution in [2.24, 2.45) is 0 Å². The highest BCUT2D eigenvalue weighted by Crippen LogP contribution is 2.32. The number of alkyl halides is 2. The van der Waals surface area contributed by atoms with Crippen LogP contribution in [-0.4, -0.2) is 25.4 Å². The van der Waals surface area contributed by atoms with Gasteiger partial charge in [-0.2, -0.15) is 8.78 Å². The normalized spacial score (nSPS) is 11.7. The third-order valence-corrected chi connectivity index (χ3v) is 3.74. The Hall–Kier alpha value is -2.90. The van der Waals surface area contributed by atoms with Gasteiger partial charge in [0.1, 0.15) is 5.82 Å². The highest BCUT2D eigenvalue weighted by Gasteiger charge is 2.28. The first-order chi connectivity index (χ1) is 11.8. The number of amides is 1. The molecule has 0 aliphatic rings. The zero-order valence-electron chi connectivity index (χ0n) is 14.0. The second kappa shape index (κ2) is 6.19. The zero-order valence-corrected chi connectivity index (χ0v) is 14.0. The van der Waals surface area contributed by atoms with E-state index >= 15 is 0 Å². The zero-order chi connectivity index (χ0) is 18.2. The van der Waals surface area contributed by atoms with Crippen LogP contribution >= 0.6 is 0 Å². The number of nitrogens with one attached hydrogen (secondary N) is 1. The lowest BCUT2D eigenvalue weighted by atomic mass is 10.1. The molecule has 25 heavy (non-hydrogen) atoms. The van der Waals surface area contributed by atoms with Crippen molar-refractivity contribution in [1.29, 1.82) is 0 Å². The average molecular weight is 345 g/mol. The lowest BCUT2D eigenvalue weighted by molar-refractivity contribution is -0.114. The van der Waals surface area contributed by atoms with E-state index in [1.54, 1.807) is 18.3 Å². The van der Waals surface area contributed by atoms with E-state index in [1.165, 1.54) is 13.1 Å². The first kappa shape index (κ1) is 16.9. The maximum absolute atomic E-state index is 13.6. The summed E-state index contributed by atoms with van der Waals surface area (Å²) in [5.74, 6) is -3.50. The van der Waals surface area contributed by atoms with Gasteiger partial charge in [-0.3, -0.25) is 4.79 Å². The maximum Gasteiger partial charge on any atom is 0.303 e. The standard InChI is InChI=1S/C17H17F2N5O/c1-4-24-9-12(13-5-6-20-16(23-13)17(3,18)19)11-7-15(22-10(2)25)21-8-14(11)24/h5-9H,4H2,1-3H3,(H,21,22,25). The van der Waals surface area contributed by atoms with Gasteiger partial charge in [0.05, 0.1) is 17.4 Å². The Morgan fingerprint density at radius 2 is 2.12 bits per heavy atom. The molecule has 0 saturated carbocycles. The van der Waals surface area contributed by atoms with Crippen LogP contribution < -0.4 is 5.32 Å². The highest BCUT2D eigenvalue weighted by atomic mass is 19.3. The van der Waals surface area contributed by atoms with E-state index in [4.69, 9.17) is 0 Å². The van der Waals surface area contributed by atoms with E-state index in [1.807, 2.05) is 17.7 Å². The molecule has 0 saturated heterocycles. The van der Waals surface area contributed by atoms with Crippen molar-refractivity contribution >= 4 is 22.6 Å². The lowest BCUT2D eigenvalue weighted by Crippen LogP contribution is -2.12. The summed E-state index contributed by atoms with van der Waals surface area (Å²) in [6.45, 7) is 4.81. The molecule has 0 unspecified atom stereocenters. The minimum Gasteiger partial charge on any atom is -0.346 e. The Bertz CT molecular complexity index is 946. The summed E-state index contributed by atoms with van der Waals surface area (Å²) in [6.07, 6.45) is 4.80. The van der Waals surface area contributed by atoms with Gasteiger partial charge in [0, 0.05) is 43.7 Å². The van der Waals surface area contributed by atoms with Crippen LogP contribution in [0, 0.1) is 0 Å². The molecule has 0 spiro atoms. The van der Waals surface area contributed by atoms with Crippen LogP contribution in [0.1, 0.15) is 26.6 Å². The van der Waals surface area contributed by atoms with Crippen LogP contribution in [0.15, 0.2) is 30.7 Å². The first-order valence-electron chi connectivity index (χ1n) is 7.77. The van der Waals surface area contributed by atoms with E-state index in [9.17, 15) is 13.6 Å². The molecular weight excluding hydrogens is 328 g/mol. The first-order valence-corrected chi connectivity index (χ1v) is 7.77. The highest BCUT2D eigenvalue weighted by molar-refractivity contribution is 5.98. The molecular formula is C17H17F2N5O. The van der Waals surface area contributed by atoms with Gasteiger partial charge in [0.2, 0.25) is 5.91 Å². The molecule has 0 aliphatic carbocycles. The third kappa shape index (κ3) is 3.33. The van der Waals surface area contributed by atoms with Gasteiger partial charge in [0.15, 0.2) is 5.82 Å². The van der Waals surface area contributed by atoms with Gasteiger partial charge in [-0.25, -0.2) is 15.0 Å². The molecule has 0 bridgehead atoms. The summed E-state index contributed by atoms with van der Waals surface area (Å²) in [5.41, 5.74) is 1.90. The Morgan fingerprint density at radius 3 is 2.76 bits per heavy atom. The molecule has 3 heterocycles. The van der Waals surface area contributed by atoms with Crippen molar-refractivity contribution < 1.29 is 13.6 Å². The van der Waals surface area contributed by atoms with Crippen molar-refractivity contribution in [1.82, 2.24) is 19.5 Å². The minimum atomic E-state index is -3.12. The molecule has 6 nitrogen and oxygen atoms in total. The topological polar surface area (TPSA) is 72.7 Å². The Balaban J connectivity index is 2.19. The number of carbonyl (C=O) groups is 1. The summed E-state index contributed by atoms with van der Waals surface area (Å²) < 4.78 is 29.1. The third-order valence-electron chi connectivity index (χ3n) is 3.74. The fourth-order valence-electron chi connectivity index (χ4n) is 2.62. The molecule has 0 fully saturated rings. The molecule has 1 amide bonds. The summed E-state index contributed by atoms with van der Waals surface area (Å²) >= 11 is 0. The number of halogens is 2. The molecule has 1 N–H and O–H groups in total. The van der Waals surface area contributed by atoms with Gasteiger partial charge < -0.3 is 9.88 Å². The van der Waals surface area contributed by atoms with Crippen molar-refractivity contribution in [2.45, 2.75) is 33.2 Å². The van der Waals surface area contributed by atoms with E-state index in [0.29, 0.717) is 23.6 Å². The number of hydrogen-bond donors (Lipinski definition) is 1. The summed E-state index contributed by atoms with van der Waals surface area (Å²) in [6, 6.07) is 3.30. The van der Waals surface area contributed by atoms with E-state index < -0.39 is 11.7 Å². The SMILES string of the molecule is CCn1cc(-c2ccnc(C(C)(F)F)n2)c2cc(NC(C)=O)ncc21. The smallest absolute Gasteiger partial charge is 0.303 e. The number of nitrogens with zero attached hydrogens (tertiary/aromatic N) is 4. The Labute approximate surface area is 142 Å². The van der Waals surface area contributed by atoms with Crippen molar-refractivity contribution in [3.8, 4) is 11.3 Å². The van der Waals surface area contributed by atoms with Crippen molar-refractivity contribution in [2.75, 3.05) is 5.32 Å². The molecule has 3 aromatic heterocycles. The summed E-state index contributed by atoms with van der Waals surface area (Å²) in [5, 5.41) is 3.39. The number of aryl methyl sites for hydroxylation is 1. The van der Waals surface area contributed by atoms with Crippen LogP contribution in [0.2, 0.25) is 0 Å². The number of aromatic nitrogens is 4. The minimum absolute atomic E-state index is 0.238. The van der Waals surface area contributed by atoms with Gasteiger partial charge in [-0.05, 0) is 19.1 Å². The van der Waals surface area contributed by atoms with Crippen molar-refractivity contribution in [3.05, 3.63) is 36.5 Å². The van der Waals surface area contributed by atoms with Gasteiger partial charge in [-0.1, -0.05) is 0 Å². The predicted molar refractivity (Wildman–Crippen MR) is 90.3 cm³/mol. The summed E-state index contributed by atoms with van der Waals surface area (Å²) in [7, 11) is 0. The number of pyridine rings is 1. The van der Waals surface area contributed by atoms with E-state index in [-0.39, 0.29) is 5.91 Å². The molecule has 0 aliphatic heterocycles. The Morgan fingerprint density at radius 1 is 1.36 bits per heavy atom. The average Bonchev–Trinajstić information content (AvgIpc) is 2.91. The molecule has 130 valence electrons. The quantitative estimate of drug-likeness (QED) is 0.784. The van der Waals surface area contributed by atoms with Gasteiger partial charge in [0.25, 0.3) is 0 Å². The van der Waals surface area contributed by atoms with Gasteiger partial charge in [-0.15, -0.1) is 0 Å². The van der Waals surface area contributed by atoms with E-state index in [0.717, 1.165) is 17.8 Å². The molecule has 0 radical (unpaired) electrons. The van der Waals surface area contributed by atoms with Crippen molar-refractivity contribution in [3.63, 3.8) is 0 Å². The predicted octanol–water partition coefficient (Wildman–Crippen LogP) is 3.58. The number of fused-ring (bicyclic) bond motifs is 1. The van der Waals surface area contributed by atoms with Crippen LogP contribution in [0.5, 0.6) is 0 Å². The van der Waals surface area contributed by atoms with Gasteiger partial charge >= 0.3 is 5.92 Å². The molecule has 0 atom stereocenters. The number of rotatable bonds is 4.